The fourth-order valence-corrected chi connectivity index (χ4v) is 3.38. The molecular formula is C20H23FN4O4. The summed E-state index contributed by atoms with van der Waals surface area (Å²) in [5.74, 6) is -1.59. The number of amides is 1. The van der Waals surface area contributed by atoms with Gasteiger partial charge in [-0.15, -0.1) is 0 Å². The average Bonchev–Trinajstić information content (AvgIpc) is 2.82. The maximum Gasteiger partial charge on any atom is 0.296 e. The minimum absolute atomic E-state index is 0.000206. The number of likely N-dealkylation sites (N-methyl/N-ethyl adjacent to an activating group) is 1. The second-order valence-corrected chi connectivity index (χ2v) is 7.19. The third-order valence-electron chi connectivity index (χ3n) is 4.88. The van der Waals surface area contributed by atoms with E-state index in [0.717, 1.165) is 5.56 Å². The van der Waals surface area contributed by atoms with Crippen LogP contribution in [0.2, 0.25) is 0 Å². The second kappa shape index (κ2) is 8.52. The van der Waals surface area contributed by atoms with E-state index in [1.165, 1.54) is 23.6 Å². The third-order valence-corrected chi connectivity index (χ3v) is 4.88. The molecule has 29 heavy (non-hydrogen) atoms. The van der Waals surface area contributed by atoms with E-state index >= 15 is 0 Å². The summed E-state index contributed by atoms with van der Waals surface area (Å²) < 4.78 is 14.3. The quantitative estimate of drug-likeness (QED) is 0.724. The summed E-state index contributed by atoms with van der Waals surface area (Å²) in [5.41, 5.74) is -0.252. The van der Waals surface area contributed by atoms with Crippen molar-refractivity contribution in [2.75, 3.05) is 20.1 Å². The van der Waals surface area contributed by atoms with E-state index in [1.54, 1.807) is 12.1 Å². The molecule has 1 aliphatic heterocycles. The first kappa shape index (κ1) is 20.7. The monoisotopic (exact) mass is 402 g/mol. The summed E-state index contributed by atoms with van der Waals surface area (Å²) in [6.45, 7) is 2.59. The SMILES string of the molecule is CC(=O)NC1CN(C)CCn2c1nc(C(=O)CCc1ccc(F)cc1)c(O)c2=O. The van der Waals surface area contributed by atoms with Crippen LogP contribution < -0.4 is 10.9 Å². The Labute approximate surface area is 167 Å². The van der Waals surface area contributed by atoms with Crippen LogP contribution in [-0.2, 0) is 17.8 Å². The maximum atomic E-state index is 13.0. The summed E-state index contributed by atoms with van der Waals surface area (Å²) in [7, 11) is 1.85. The van der Waals surface area contributed by atoms with Crippen molar-refractivity contribution in [3.8, 4) is 5.75 Å². The van der Waals surface area contributed by atoms with Gasteiger partial charge < -0.3 is 15.3 Å². The van der Waals surface area contributed by atoms with Crippen molar-refractivity contribution in [2.24, 2.45) is 0 Å². The number of aryl methyl sites for hydroxylation is 1. The van der Waals surface area contributed by atoms with Gasteiger partial charge in [0, 0.05) is 33.0 Å². The van der Waals surface area contributed by atoms with Gasteiger partial charge in [-0.2, -0.15) is 0 Å². The summed E-state index contributed by atoms with van der Waals surface area (Å²) in [5, 5.41) is 13.1. The molecule has 1 aromatic heterocycles. The maximum absolute atomic E-state index is 13.0. The molecule has 3 rings (SSSR count). The van der Waals surface area contributed by atoms with Crippen LogP contribution in [0, 0.1) is 5.82 Å². The topological polar surface area (TPSA) is 105 Å². The molecule has 0 saturated carbocycles. The largest absolute Gasteiger partial charge is 0.501 e. The van der Waals surface area contributed by atoms with E-state index in [1.807, 2.05) is 11.9 Å². The van der Waals surface area contributed by atoms with Gasteiger partial charge in [-0.25, -0.2) is 9.37 Å². The first-order valence-corrected chi connectivity index (χ1v) is 9.33. The smallest absolute Gasteiger partial charge is 0.296 e. The second-order valence-electron chi connectivity index (χ2n) is 7.19. The standard InChI is InChI=1S/C20H23FN4O4/c1-12(26)22-15-11-24(2)9-10-25-19(15)23-17(18(28)20(25)29)16(27)8-5-13-3-6-14(21)7-4-13/h3-4,6-7,15,28H,5,8-11H2,1-2H3,(H,22,26). The Kier molecular flexibility index (Phi) is 6.07. The lowest BCUT2D eigenvalue weighted by Gasteiger charge is -2.21. The minimum atomic E-state index is -0.703. The van der Waals surface area contributed by atoms with Crippen LogP contribution in [0.25, 0.3) is 0 Å². The number of fused-ring (bicyclic) bond motifs is 1. The number of carbonyl (C=O) groups is 2. The molecule has 0 saturated heterocycles. The van der Waals surface area contributed by atoms with Crippen LogP contribution in [0.3, 0.4) is 0 Å². The number of halogens is 1. The van der Waals surface area contributed by atoms with E-state index in [2.05, 4.69) is 10.3 Å². The Morgan fingerprint density at radius 2 is 1.97 bits per heavy atom. The molecule has 1 amide bonds. The van der Waals surface area contributed by atoms with Crippen molar-refractivity contribution >= 4 is 11.7 Å². The number of nitrogens with one attached hydrogen (secondary N) is 1. The molecule has 0 fully saturated rings. The van der Waals surface area contributed by atoms with Crippen LogP contribution in [0.5, 0.6) is 5.75 Å². The van der Waals surface area contributed by atoms with Gasteiger partial charge in [0.25, 0.3) is 5.56 Å². The van der Waals surface area contributed by atoms with Gasteiger partial charge in [-0.1, -0.05) is 12.1 Å². The molecule has 9 heteroatoms. The summed E-state index contributed by atoms with van der Waals surface area (Å²) in [6.07, 6.45) is 0.316. The molecule has 1 aliphatic rings. The number of rotatable bonds is 5. The molecule has 1 unspecified atom stereocenters. The number of nitrogens with zero attached hydrogens (tertiary/aromatic N) is 3. The van der Waals surface area contributed by atoms with Gasteiger partial charge in [0.05, 0.1) is 6.04 Å². The fraction of sp³-hybridized carbons (Fsp3) is 0.400. The van der Waals surface area contributed by atoms with Crippen molar-refractivity contribution in [3.05, 3.63) is 57.5 Å². The van der Waals surface area contributed by atoms with Crippen molar-refractivity contribution in [3.63, 3.8) is 0 Å². The number of ketones is 1. The molecule has 0 aliphatic carbocycles. The molecule has 2 aromatic rings. The van der Waals surface area contributed by atoms with Crippen LogP contribution >= 0.6 is 0 Å². The average molecular weight is 402 g/mol. The van der Waals surface area contributed by atoms with Crippen molar-refractivity contribution < 1.29 is 19.1 Å². The molecule has 2 N–H and O–H groups in total. The molecule has 2 heterocycles. The lowest BCUT2D eigenvalue weighted by atomic mass is 10.1. The highest BCUT2D eigenvalue weighted by molar-refractivity contribution is 5.96. The zero-order valence-electron chi connectivity index (χ0n) is 16.3. The predicted octanol–water partition coefficient (Wildman–Crippen LogP) is 1.03. The zero-order valence-corrected chi connectivity index (χ0v) is 16.3. The van der Waals surface area contributed by atoms with Gasteiger partial charge in [0.2, 0.25) is 11.7 Å². The van der Waals surface area contributed by atoms with Crippen LogP contribution in [0.1, 0.15) is 41.3 Å². The third kappa shape index (κ3) is 4.68. The predicted molar refractivity (Wildman–Crippen MR) is 103 cm³/mol. The fourth-order valence-electron chi connectivity index (χ4n) is 3.38. The number of benzene rings is 1. The Morgan fingerprint density at radius 1 is 1.28 bits per heavy atom. The van der Waals surface area contributed by atoms with Gasteiger partial charge in [0.1, 0.15) is 11.6 Å². The first-order valence-electron chi connectivity index (χ1n) is 9.33. The van der Waals surface area contributed by atoms with Crippen molar-refractivity contribution in [1.82, 2.24) is 19.8 Å². The Morgan fingerprint density at radius 3 is 2.62 bits per heavy atom. The number of Topliss-reactive ketones (excluding diaryl/α,β-unsaturated/α-hetero) is 1. The highest BCUT2D eigenvalue weighted by Crippen LogP contribution is 2.20. The van der Waals surface area contributed by atoms with Gasteiger partial charge in [-0.05, 0) is 31.2 Å². The van der Waals surface area contributed by atoms with Gasteiger partial charge >= 0.3 is 0 Å². The number of carbonyl (C=O) groups excluding carboxylic acids is 2. The Hall–Kier alpha value is -3.07. The molecule has 1 atom stereocenters. The number of hydrogen-bond acceptors (Lipinski definition) is 6. The summed E-state index contributed by atoms with van der Waals surface area (Å²) >= 11 is 0. The zero-order chi connectivity index (χ0) is 21.1. The van der Waals surface area contributed by atoms with E-state index in [-0.39, 0.29) is 36.2 Å². The first-order chi connectivity index (χ1) is 13.8. The van der Waals surface area contributed by atoms with E-state index in [9.17, 15) is 23.9 Å². The number of hydrogen-bond donors (Lipinski definition) is 2. The van der Waals surface area contributed by atoms with E-state index in [4.69, 9.17) is 0 Å². The van der Waals surface area contributed by atoms with Gasteiger partial charge in [-0.3, -0.25) is 19.0 Å². The number of aromatic nitrogens is 2. The highest BCUT2D eigenvalue weighted by atomic mass is 19.1. The molecule has 154 valence electrons. The molecule has 0 bridgehead atoms. The van der Waals surface area contributed by atoms with Crippen LogP contribution in [0.15, 0.2) is 29.1 Å². The summed E-state index contributed by atoms with van der Waals surface area (Å²) in [6, 6.07) is 5.17. The minimum Gasteiger partial charge on any atom is -0.501 e. The summed E-state index contributed by atoms with van der Waals surface area (Å²) in [4.78, 5) is 43.2. The molecule has 0 spiro atoms. The lowest BCUT2D eigenvalue weighted by Crippen LogP contribution is -2.37. The van der Waals surface area contributed by atoms with Crippen molar-refractivity contribution in [1.29, 1.82) is 0 Å². The number of aromatic hydroxyl groups is 1. The van der Waals surface area contributed by atoms with Crippen LogP contribution in [0.4, 0.5) is 4.39 Å². The Bertz CT molecular complexity index is 987. The highest BCUT2D eigenvalue weighted by Gasteiger charge is 2.29. The lowest BCUT2D eigenvalue weighted by molar-refractivity contribution is -0.119. The molecule has 0 radical (unpaired) electrons. The molecular weight excluding hydrogens is 379 g/mol. The molecule has 8 nitrogen and oxygen atoms in total. The normalized spacial score (nSPS) is 16.7. The van der Waals surface area contributed by atoms with Crippen molar-refractivity contribution in [2.45, 2.75) is 32.4 Å². The molecule has 1 aromatic carbocycles. The van der Waals surface area contributed by atoms with Crippen LogP contribution in [-0.4, -0.2) is 51.4 Å². The van der Waals surface area contributed by atoms with Gasteiger partial charge in [0.15, 0.2) is 11.5 Å². The van der Waals surface area contributed by atoms with E-state index < -0.39 is 23.1 Å². The Balaban J connectivity index is 1.92. The van der Waals surface area contributed by atoms with E-state index in [0.29, 0.717) is 19.5 Å².